The molecule has 0 radical (unpaired) electrons. The first-order valence-electron chi connectivity index (χ1n) is 9.66. The Bertz CT molecular complexity index is 825. The molecule has 1 saturated heterocycles. The Morgan fingerprint density at radius 2 is 1.86 bits per heavy atom. The second-order valence-corrected chi connectivity index (χ2v) is 8.89. The summed E-state index contributed by atoms with van der Waals surface area (Å²) in [5.41, 5.74) is 1.20. The van der Waals surface area contributed by atoms with Gasteiger partial charge in [-0.3, -0.25) is 4.90 Å². The van der Waals surface area contributed by atoms with Crippen LogP contribution in [0.15, 0.2) is 59.5 Å². The molecule has 0 unspecified atom stereocenters. The van der Waals surface area contributed by atoms with Gasteiger partial charge in [0.25, 0.3) is 0 Å². The summed E-state index contributed by atoms with van der Waals surface area (Å²) in [5.74, 6) is 1.06. The monoisotopic (exact) mass is 404 g/mol. The van der Waals surface area contributed by atoms with Crippen LogP contribution in [0.5, 0.6) is 5.75 Å². The highest BCUT2D eigenvalue weighted by atomic mass is 32.2. The van der Waals surface area contributed by atoms with Gasteiger partial charge in [-0.15, -0.1) is 0 Å². The number of nitrogens with one attached hydrogen (secondary N) is 1. The summed E-state index contributed by atoms with van der Waals surface area (Å²) in [6.07, 6.45) is 2.09. The van der Waals surface area contributed by atoms with Gasteiger partial charge < -0.3 is 9.84 Å². The number of rotatable bonds is 9. The van der Waals surface area contributed by atoms with E-state index in [0.29, 0.717) is 24.0 Å². The van der Waals surface area contributed by atoms with E-state index in [1.165, 1.54) is 5.56 Å². The van der Waals surface area contributed by atoms with E-state index < -0.39 is 10.0 Å². The number of benzene rings is 2. The maximum atomic E-state index is 12.4. The first-order valence-corrected chi connectivity index (χ1v) is 11.1. The lowest BCUT2D eigenvalue weighted by Crippen LogP contribution is -2.40. The standard InChI is InChI=1S/C21H28N2O4S/c24-13-14-27-20-10-8-18(9-11-20)16-23-12-4-5-19(17-23)15-22-28(25,26)21-6-2-1-3-7-21/h1-3,6-11,19,22,24H,4-5,12-17H2/t19-/m0/s1. The molecule has 1 atom stereocenters. The molecular weight excluding hydrogens is 376 g/mol. The molecule has 152 valence electrons. The predicted octanol–water partition coefficient (Wildman–Crippen LogP) is 2.25. The Balaban J connectivity index is 1.50. The van der Waals surface area contributed by atoms with Crippen LogP contribution in [0.4, 0.5) is 0 Å². The predicted molar refractivity (Wildman–Crippen MR) is 109 cm³/mol. The average Bonchev–Trinajstić information content (AvgIpc) is 2.73. The van der Waals surface area contributed by atoms with Crippen LogP contribution >= 0.6 is 0 Å². The molecule has 28 heavy (non-hydrogen) atoms. The zero-order valence-electron chi connectivity index (χ0n) is 16.0. The van der Waals surface area contributed by atoms with E-state index in [0.717, 1.165) is 38.2 Å². The van der Waals surface area contributed by atoms with Crippen molar-refractivity contribution in [3.63, 3.8) is 0 Å². The molecule has 0 amide bonds. The molecule has 2 aromatic rings. The van der Waals surface area contributed by atoms with Gasteiger partial charge in [-0.05, 0) is 55.1 Å². The maximum Gasteiger partial charge on any atom is 0.240 e. The van der Waals surface area contributed by atoms with Crippen molar-refractivity contribution in [2.45, 2.75) is 24.3 Å². The molecule has 0 aliphatic carbocycles. The first kappa shape index (κ1) is 20.8. The summed E-state index contributed by atoms with van der Waals surface area (Å²) in [7, 11) is -3.45. The summed E-state index contributed by atoms with van der Waals surface area (Å²) in [6, 6.07) is 16.4. The number of likely N-dealkylation sites (tertiary alicyclic amines) is 1. The Morgan fingerprint density at radius 1 is 1.11 bits per heavy atom. The Kier molecular flexibility index (Phi) is 7.44. The van der Waals surface area contributed by atoms with Gasteiger partial charge in [0, 0.05) is 19.6 Å². The van der Waals surface area contributed by atoms with Crippen molar-refractivity contribution in [3.05, 3.63) is 60.2 Å². The molecule has 1 aliphatic heterocycles. The highest BCUT2D eigenvalue weighted by molar-refractivity contribution is 7.89. The van der Waals surface area contributed by atoms with Crippen molar-refractivity contribution >= 4 is 10.0 Å². The van der Waals surface area contributed by atoms with Gasteiger partial charge in [0.1, 0.15) is 12.4 Å². The lowest BCUT2D eigenvalue weighted by Gasteiger charge is -2.32. The summed E-state index contributed by atoms with van der Waals surface area (Å²) in [6.45, 7) is 3.49. The number of aliphatic hydroxyl groups is 1. The van der Waals surface area contributed by atoms with Crippen LogP contribution < -0.4 is 9.46 Å². The molecule has 2 N–H and O–H groups in total. The van der Waals surface area contributed by atoms with Crippen LogP contribution in [-0.2, 0) is 16.6 Å². The summed E-state index contributed by atoms with van der Waals surface area (Å²) in [4.78, 5) is 2.68. The minimum Gasteiger partial charge on any atom is -0.491 e. The Labute approximate surface area is 167 Å². The third-order valence-corrected chi connectivity index (χ3v) is 6.35. The third-order valence-electron chi connectivity index (χ3n) is 4.91. The Hall–Kier alpha value is -1.93. The van der Waals surface area contributed by atoms with Crippen LogP contribution in [0, 0.1) is 5.92 Å². The minimum atomic E-state index is -3.45. The second-order valence-electron chi connectivity index (χ2n) is 7.12. The Morgan fingerprint density at radius 3 is 2.57 bits per heavy atom. The molecule has 0 bridgehead atoms. The maximum absolute atomic E-state index is 12.4. The van der Waals surface area contributed by atoms with Crippen LogP contribution in [0.3, 0.4) is 0 Å². The van der Waals surface area contributed by atoms with Gasteiger partial charge in [0.05, 0.1) is 11.5 Å². The molecule has 6 nitrogen and oxygen atoms in total. The minimum absolute atomic E-state index is 0.00491. The summed E-state index contributed by atoms with van der Waals surface area (Å²) < 4.78 is 33.0. The van der Waals surface area contributed by atoms with Gasteiger partial charge in [0.15, 0.2) is 0 Å². The van der Waals surface area contributed by atoms with Gasteiger partial charge in [0.2, 0.25) is 10.0 Å². The fourth-order valence-electron chi connectivity index (χ4n) is 3.48. The van der Waals surface area contributed by atoms with Crippen LogP contribution in [0.2, 0.25) is 0 Å². The molecule has 1 fully saturated rings. The molecule has 0 spiro atoms. The van der Waals surface area contributed by atoms with Gasteiger partial charge in [-0.2, -0.15) is 0 Å². The highest BCUT2D eigenvalue weighted by Gasteiger charge is 2.22. The van der Waals surface area contributed by atoms with E-state index in [2.05, 4.69) is 9.62 Å². The number of aliphatic hydroxyl groups excluding tert-OH is 1. The number of piperidine rings is 1. The number of ether oxygens (including phenoxy) is 1. The zero-order chi connectivity index (χ0) is 19.8. The van der Waals surface area contributed by atoms with Crippen molar-refractivity contribution in [2.75, 3.05) is 32.8 Å². The quantitative estimate of drug-likeness (QED) is 0.670. The summed E-state index contributed by atoms with van der Waals surface area (Å²) >= 11 is 0. The SMILES string of the molecule is O=S(=O)(NC[C@@H]1CCCN(Cc2ccc(OCCO)cc2)C1)c1ccccc1. The van der Waals surface area contributed by atoms with Gasteiger partial charge in [-0.1, -0.05) is 30.3 Å². The van der Waals surface area contributed by atoms with Crippen LogP contribution in [0.1, 0.15) is 18.4 Å². The molecule has 0 saturated carbocycles. The van der Waals surface area contributed by atoms with Crippen molar-refractivity contribution in [1.29, 1.82) is 0 Å². The molecule has 1 aliphatic rings. The van der Waals surface area contributed by atoms with Crippen LogP contribution in [-0.4, -0.2) is 51.3 Å². The lowest BCUT2D eigenvalue weighted by molar-refractivity contribution is 0.168. The van der Waals surface area contributed by atoms with E-state index in [9.17, 15) is 8.42 Å². The van der Waals surface area contributed by atoms with E-state index in [1.807, 2.05) is 30.3 Å². The van der Waals surface area contributed by atoms with E-state index in [1.54, 1.807) is 24.3 Å². The van der Waals surface area contributed by atoms with E-state index in [-0.39, 0.29) is 6.61 Å². The van der Waals surface area contributed by atoms with Crippen molar-refractivity contribution in [2.24, 2.45) is 5.92 Å². The van der Waals surface area contributed by atoms with Gasteiger partial charge >= 0.3 is 0 Å². The molecule has 1 heterocycles. The topological polar surface area (TPSA) is 78.9 Å². The fraction of sp³-hybridized carbons (Fsp3) is 0.429. The normalized spacial score (nSPS) is 18.1. The van der Waals surface area contributed by atoms with Crippen molar-refractivity contribution < 1.29 is 18.3 Å². The molecule has 7 heteroatoms. The highest BCUT2D eigenvalue weighted by Crippen LogP contribution is 2.20. The molecular formula is C21H28N2O4S. The van der Waals surface area contributed by atoms with Crippen LogP contribution in [0.25, 0.3) is 0 Å². The fourth-order valence-corrected chi connectivity index (χ4v) is 4.62. The second kappa shape index (κ2) is 10.0. The molecule has 0 aromatic heterocycles. The molecule has 3 rings (SSSR count). The number of sulfonamides is 1. The average molecular weight is 405 g/mol. The number of hydrogen-bond acceptors (Lipinski definition) is 5. The van der Waals surface area contributed by atoms with E-state index >= 15 is 0 Å². The smallest absolute Gasteiger partial charge is 0.240 e. The van der Waals surface area contributed by atoms with E-state index in [4.69, 9.17) is 9.84 Å². The lowest BCUT2D eigenvalue weighted by atomic mass is 9.98. The number of hydrogen-bond donors (Lipinski definition) is 2. The van der Waals surface area contributed by atoms with Gasteiger partial charge in [-0.25, -0.2) is 13.1 Å². The third kappa shape index (κ3) is 6.04. The first-order chi connectivity index (χ1) is 13.6. The summed E-state index contributed by atoms with van der Waals surface area (Å²) in [5, 5.41) is 8.81. The zero-order valence-corrected chi connectivity index (χ0v) is 16.8. The van der Waals surface area contributed by atoms with Crippen molar-refractivity contribution in [1.82, 2.24) is 9.62 Å². The largest absolute Gasteiger partial charge is 0.491 e. The molecule has 2 aromatic carbocycles. The number of nitrogens with zero attached hydrogens (tertiary/aromatic N) is 1. The van der Waals surface area contributed by atoms with Crippen molar-refractivity contribution in [3.8, 4) is 5.75 Å².